The van der Waals surface area contributed by atoms with Gasteiger partial charge in [0.1, 0.15) is 18.0 Å². The Kier molecular flexibility index (Phi) is 5.58. The first kappa shape index (κ1) is 19.8. The number of piperidine rings is 1. The van der Waals surface area contributed by atoms with Crippen molar-refractivity contribution >= 4 is 28.5 Å². The van der Waals surface area contributed by atoms with Crippen LogP contribution in [0.25, 0.3) is 10.9 Å². The summed E-state index contributed by atoms with van der Waals surface area (Å²) in [6.45, 7) is 1.85. The Balaban J connectivity index is 1.53. The van der Waals surface area contributed by atoms with Crippen LogP contribution < -0.4 is 16.8 Å². The molecule has 3 aromatic rings. The van der Waals surface area contributed by atoms with E-state index in [1.54, 1.807) is 12.1 Å². The molecule has 0 bridgehead atoms. The molecule has 1 saturated heterocycles. The largest absolute Gasteiger partial charge is 0.384 e. The van der Waals surface area contributed by atoms with E-state index in [2.05, 4.69) is 15.3 Å². The Morgan fingerprint density at radius 2 is 2.07 bits per heavy atom. The summed E-state index contributed by atoms with van der Waals surface area (Å²) in [5, 5.41) is 11.7. The van der Waals surface area contributed by atoms with Crippen molar-refractivity contribution in [3.8, 4) is 0 Å². The van der Waals surface area contributed by atoms with Gasteiger partial charge in [0.25, 0.3) is 5.91 Å². The first-order valence-electron chi connectivity index (χ1n) is 9.98. The molecule has 8 nitrogen and oxygen atoms in total. The number of nitrogen functional groups attached to an aromatic ring is 1. The topological polar surface area (TPSA) is 134 Å². The van der Waals surface area contributed by atoms with Gasteiger partial charge < -0.3 is 21.7 Å². The molecule has 0 radical (unpaired) electrons. The van der Waals surface area contributed by atoms with Gasteiger partial charge in [0.15, 0.2) is 0 Å². The number of hydrogen-bond donors (Lipinski definition) is 4. The Bertz CT molecular complexity index is 1100. The number of benzene rings is 2. The van der Waals surface area contributed by atoms with Gasteiger partial charge in [0.2, 0.25) is 0 Å². The molecule has 2 heterocycles. The molecule has 0 aliphatic carbocycles. The number of carbonyl (C=O) groups is 1. The van der Waals surface area contributed by atoms with Gasteiger partial charge in [-0.1, -0.05) is 18.2 Å². The fraction of sp³-hybridized carbons (Fsp3) is 0.273. The fourth-order valence-electron chi connectivity index (χ4n) is 3.74. The number of fused-ring (bicyclic) bond motifs is 1. The van der Waals surface area contributed by atoms with E-state index in [0.717, 1.165) is 30.3 Å². The third kappa shape index (κ3) is 4.23. The van der Waals surface area contributed by atoms with Crippen LogP contribution in [0.4, 0.5) is 5.82 Å². The Hall–Kier alpha value is -3.52. The van der Waals surface area contributed by atoms with E-state index < -0.39 is 0 Å². The maximum absolute atomic E-state index is 12.9. The summed E-state index contributed by atoms with van der Waals surface area (Å²) < 4.78 is 0. The van der Waals surface area contributed by atoms with Crippen LogP contribution >= 0.6 is 0 Å². The summed E-state index contributed by atoms with van der Waals surface area (Å²) in [5.74, 6) is 0.713. The normalized spacial score (nSPS) is 16.4. The smallest absolute Gasteiger partial charge is 0.253 e. The SMILES string of the molecule is N=C(N)c1cccc(CNc2ncnc3cc(C(=O)N4CCCC(N)C4)ccc23)c1. The minimum Gasteiger partial charge on any atom is -0.384 e. The molecular weight excluding hydrogens is 378 g/mol. The van der Waals surface area contributed by atoms with Gasteiger partial charge in [-0.05, 0) is 42.7 Å². The lowest BCUT2D eigenvalue weighted by Crippen LogP contribution is -2.45. The van der Waals surface area contributed by atoms with Crippen molar-refractivity contribution in [2.45, 2.75) is 25.4 Å². The lowest BCUT2D eigenvalue weighted by molar-refractivity contribution is 0.0709. The van der Waals surface area contributed by atoms with Gasteiger partial charge in [-0.25, -0.2) is 9.97 Å². The molecule has 1 amide bonds. The highest BCUT2D eigenvalue weighted by Gasteiger charge is 2.22. The number of nitrogens with one attached hydrogen (secondary N) is 2. The van der Waals surface area contributed by atoms with Crippen LogP contribution in [-0.2, 0) is 6.54 Å². The van der Waals surface area contributed by atoms with Gasteiger partial charge in [-0.3, -0.25) is 10.2 Å². The zero-order valence-electron chi connectivity index (χ0n) is 16.6. The standard InChI is InChI=1S/C22H25N7O/c23-17-5-2-8-29(12-17)22(30)16-6-7-18-19(10-16)27-13-28-21(18)26-11-14-3-1-4-15(9-14)20(24)25/h1,3-4,6-7,9-10,13,17H,2,5,8,11-12,23H2,(H3,24,25)(H,26,27,28). The Morgan fingerprint density at radius 3 is 2.87 bits per heavy atom. The average Bonchev–Trinajstić information content (AvgIpc) is 2.77. The third-order valence-electron chi connectivity index (χ3n) is 5.33. The molecular formula is C22H25N7O. The minimum atomic E-state index is -0.0128. The van der Waals surface area contributed by atoms with Crippen molar-refractivity contribution < 1.29 is 4.79 Å². The van der Waals surface area contributed by atoms with Gasteiger partial charge in [-0.2, -0.15) is 0 Å². The van der Waals surface area contributed by atoms with E-state index in [9.17, 15) is 4.79 Å². The maximum Gasteiger partial charge on any atom is 0.253 e. The molecule has 1 aliphatic heterocycles. The molecule has 1 atom stereocenters. The first-order valence-corrected chi connectivity index (χ1v) is 9.98. The van der Waals surface area contributed by atoms with E-state index >= 15 is 0 Å². The van der Waals surface area contributed by atoms with Crippen LogP contribution in [0.15, 0.2) is 48.8 Å². The molecule has 30 heavy (non-hydrogen) atoms. The molecule has 1 unspecified atom stereocenters. The second-order valence-electron chi connectivity index (χ2n) is 7.58. The van der Waals surface area contributed by atoms with Crippen molar-refractivity contribution in [3.63, 3.8) is 0 Å². The number of amides is 1. The molecule has 6 N–H and O–H groups in total. The number of aromatic nitrogens is 2. The van der Waals surface area contributed by atoms with E-state index in [-0.39, 0.29) is 17.8 Å². The summed E-state index contributed by atoms with van der Waals surface area (Å²) in [6.07, 6.45) is 3.38. The highest BCUT2D eigenvalue weighted by Crippen LogP contribution is 2.22. The molecule has 0 spiro atoms. The average molecular weight is 403 g/mol. The van der Waals surface area contributed by atoms with Gasteiger partial charge in [0.05, 0.1) is 5.52 Å². The van der Waals surface area contributed by atoms with Crippen molar-refractivity contribution in [2.24, 2.45) is 11.5 Å². The van der Waals surface area contributed by atoms with E-state index in [1.165, 1.54) is 6.33 Å². The van der Waals surface area contributed by atoms with Crippen LogP contribution in [0.5, 0.6) is 0 Å². The molecule has 1 fully saturated rings. The van der Waals surface area contributed by atoms with Crippen LogP contribution in [0.2, 0.25) is 0 Å². The lowest BCUT2D eigenvalue weighted by atomic mass is 10.0. The second kappa shape index (κ2) is 8.46. The van der Waals surface area contributed by atoms with Gasteiger partial charge >= 0.3 is 0 Å². The van der Waals surface area contributed by atoms with E-state index in [1.807, 2.05) is 35.2 Å². The third-order valence-corrected chi connectivity index (χ3v) is 5.33. The molecule has 2 aromatic carbocycles. The molecule has 0 saturated carbocycles. The van der Waals surface area contributed by atoms with Crippen LogP contribution in [0, 0.1) is 5.41 Å². The Morgan fingerprint density at radius 1 is 1.20 bits per heavy atom. The lowest BCUT2D eigenvalue weighted by Gasteiger charge is -2.30. The molecule has 4 rings (SSSR count). The Labute approximate surface area is 174 Å². The molecule has 154 valence electrons. The number of hydrogen-bond acceptors (Lipinski definition) is 6. The van der Waals surface area contributed by atoms with Crippen molar-refractivity contribution in [1.29, 1.82) is 5.41 Å². The van der Waals surface area contributed by atoms with Crippen molar-refractivity contribution in [1.82, 2.24) is 14.9 Å². The number of likely N-dealkylation sites (tertiary alicyclic amines) is 1. The highest BCUT2D eigenvalue weighted by molar-refractivity contribution is 5.99. The summed E-state index contributed by atoms with van der Waals surface area (Å²) in [5.41, 5.74) is 14.6. The van der Waals surface area contributed by atoms with Crippen LogP contribution in [-0.4, -0.2) is 45.7 Å². The zero-order valence-corrected chi connectivity index (χ0v) is 16.6. The summed E-state index contributed by atoms with van der Waals surface area (Å²) in [6, 6.07) is 13.1. The van der Waals surface area contributed by atoms with E-state index in [0.29, 0.717) is 35.6 Å². The van der Waals surface area contributed by atoms with Gasteiger partial charge in [0, 0.05) is 42.2 Å². The molecule has 1 aliphatic rings. The number of nitrogens with zero attached hydrogens (tertiary/aromatic N) is 3. The zero-order chi connectivity index (χ0) is 21.1. The molecule has 8 heteroatoms. The van der Waals surface area contributed by atoms with Crippen LogP contribution in [0.1, 0.15) is 34.3 Å². The predicted octanol–water partition coefficient (Wildman–Crippen LogP) is 2.09. The monoisotopic (exact) mass is 403 g/mol. The fourth-order valence-corrected chi connectivity index (χ4v) is 3.74. The summed E-state index contributed by atoms with van der Waals surface area (Å²) in [4.78, 5) is 23.4. The minimum absolute atomic E-state index is 0.0128. The van der Waals surface area contributed by atoms with Crippen molar-refractivity contribution in [3.05, 3.63) is 65.5 Å². The van der Waals surface area contributed by atoms with Gasteiger partial charge in [-0.15, -0.1) is 0 Å². The maximum atomic E-state index is 12.9. The van der Waals surface area contributed by atoms with Crippen molar-refractivity contribution in [2.75, 3.05) is 18.4 Å². The second-order valence-corrected chi connectivity index (χ2v) is 7.58. The quantitative estimate of drug-likeness (QED) is 0.381. The summed E-state index contributed by atoms with van der Waals surface area (Å²) >= 11 is 0. The number of nitrogens with two attached hydrogens (primary N) is 2. The number of rotatable bonds is 5. The summed E-state index contributed by atoms with van der Waals surface area (Å²) in [7, 11) is 0. The number of amidine groups is 1. The first-order chi connectivity index (χ1) is 14.5. The van der Waals surface area contributed by atoms with Crippen LogP contribution in [0.3, 0.4) is 0 Å². The van der Waals surface area contributed by atoms with E-state index in [4.69, 9.17) is 16.9 Å². The number of anilines is 1. The molecule has 1 aromatic heterocycles. The number of carbonyl (C=O) groups excluding carboxylic acids is 1. The highest BCUT2D eigenvalue weighted by atomic mass is 16.2. The predicted molar refractivity (Wildman–Crippen MR) is 117 cm³/mol.